The number of amides is 2. The van der Waals surface area contributed by atoms with Crippen molar-refractivity contribution in [3.05, 3.63) is 52.5 Å². The number of carbonyl (C=O) groups excluding carboxylic acids is 2. The number of fused-ring (bicyclic) bond motifs is 1. The van der Waals surface area contributed by atoms with Gasteiger partial charge in [-0.1, -0.05) is 17.7 Å². The van der Waals surface area contributed by atoms with Crippen molar-refractivity contribution in [3.63, 3.8) is 0 Å². The van der Waals surface area contributed by atoms with Gasteiger partial charge >= 0.3 is 0 Å². The van der Waals surface area contributed by atoms with Crippen molar-refractivity contribution in [3.8, 4) is 11.5 Å². The number of nitrogens with one attached hydrogen (secondary N) is 2. The molecule has 1 aliphatic heterocycles. The first kappa shape index (κ1) is 19.8. The average molecular weight is 401 g/mol. The zero-order valence-corrected chi connectivity index (χ0v) is 16.4. The van der Waals surface area contributed by atoms with E-state index in [0.717, 1.165) is 16.8 Å². The topological polar surface area (TPSA) is 76.7 Å². The molecule has 1 aliphatic rings. The Hall–Kier alpha value is -2.99. The fourth-order valence-corrected chi connectivity index (χ4v) is 3.04. The molecule has 6 nitrogen and oxygen atoms in total. The lowest BCUT2D eigenvalue weighted by Crippen LogP contribution is -2.28. The van der Waals surface area contributed by atoms with Crippen molar-refractivity contribution in [2.75, 3.05) is 25.1 Å². The predicted octanol–water partition coefficient (Wildman–Crippen LogP) is 3.75. The Morgan fingerprint density at radius 2 is 1.96 bits per heavy atom. The second-order valence-corrected chi connectivity index (χ2v) is 6.52. The molecule has 0 aromatic heterocycles. The molecule has 3 rings (SSSR count). The summed E-state index contributed by atoms with van der Waals surface area (Å²) in [5.74, 6) is 0.583. The molecule has 0 radical (unpaired) electrons. The third-order valence-electron chi connectivity index (χ3n) is 4.08. The molecule has 0 unspecified atom stereocenters. The highest BCUT2D eigenvalue weighted by Gasteiger charge is 2.24. The monoisotopic (exact) mass is 400 g/mol. The molecule has 0 fully saturated rings. The van der Waals surface area contributed by atoms with E-state index in [1.807, 2.05) is 13.8 Å². The number of carbonyl (C=O) groups is 2. The van der Waals surface area contributed by atoms with E-state index in [2.05, 4.69) is 10.6 Å². The number of rotatable bonds is 7. The minimum Gasteiger partial charge on any atom is -0.490 e. The fourth-order valence-electron chi connectivity index (χ4n) is 2.86. The van der Waals surface area contributed by atoms with Crippen LogP contribution in [0.25, 0.3) is 11.6 Å². The lowest BCUT2D eigenvalue weighted by atomic mass is 10.0. The summed E-state index contributed by atoms with van der Waals surface area (Å²) in [4.78, 5) is 24.0. The molecule has 2 aromatic rings. The molecule has 2 N–H and O–H groups in total. The Bertz CT molecular complexity index is 940. The van der Waals surface area contributed by atoms with Crippen molar-refractivity contribution in [2.45, 2.75) is 13.8 Å². The van der Waals surface area contributed by atoms with Crippen molar-refractivity contribution < 1.29 is 19.1 Å². The molecule has 1 heterocycles. The van der Waals surface area contributed by atoms with Gasteiger partial charge in [0.1, 0.15) is 0 Å². The van der Waals surface area contributed by atoms with Gasteiger partial charge in [0.2, 0.25) is 0 Å². The number of anilines is 1. The molecule has 0 saturated heterocycles. The summed E-state index contributed by atoms with van der Waals surface area (Å²) in [6.07, 6.45) is 1.77. The van der Waals surface area contributed by atoms with Gasteiger partial charge in [-0.2, -0.15) is 0 Å². The van der Waals surface area contributed by atoms with E-state index in [9.17, 15) is 9.59 Å². The predicted molar refractivity (Wildman–Crippen MR) is 110 cm³/mol. The number of halogens is 1. The lowest BCUT2D eigenvalue weighted by molar-refractivity contribution is -0.123. The fraction of sp³-hybridized carbons (Fsp3) is 0.238. The summed E-state index contributed by atoms with van der Waals surface area (Å²) < 4.78 is 11.2. The summed E-state index contributed by atoms with van der Waals surface area (Å²) in [7, 11) is 0. The maximum Gasteiger partial charge on any atom is 0.257 e. The van der Waals surface area contributed by atoms with Crippen LogP contribution < -0.4 is 20.1 Å². The Labute approximate surface area is 168 Å². The largest absolute Gasteiger partial charge is 0.490 e. The molecule has 2 aromatic carbocycles. The highest BCUT2D eigenvalue weighted by molar-refractivity contribution is 6.36. The second-order valence-electron chi connectivity index (χ2n) is 6.08. The van der Waals surface area contributed by atoms with Gasteiger partial charge in [0.05, 0.1) is 6.61 Å². The Kier molecular flexibility index (Phi) is 6.21. The normalized spacial score (nSPS) is 13.8. The first-order valence-electron chi connectivity index (χ1n) is 9.01. The summed E-state index contributed by atoms with van der Waals surface area (Å²) in [6.45, 7) is 4.59. The van der Waals surface area contributed by atoms with E-state index in [4.69, 9.17) is 21.1 Å². The first-order valence-corrected chi connectivity index (χ1v) is 9.39. The minimum atomic E-state index is -0.202. The molecule has 28 heavy (non-hydrogen) atoms. The van der Waals surface area contributed by atoms with Crippen molar-refractivity contribution >= 4 is 40.8 Å². The molecule has 0 aliphatic carbocycles. The summed E-state index contributed by atoms with van der Waals surface area (Å²) in [6, 6.07) is 10.6. The Morgan fingerprint density at radius 1 is 1.14 bits per heavy atom. The van der Waals surface area contributed by atoms with Crippen molar-refractivity contribution in [2.24, 2.45) is 0 Å². The number of hydrogen-bond acceptors (Lipinski definition) is 4. The van der Waals surface area contributed by atoms with Crippen molar-refractivity contribution in [1.82, 2.24) is 5.32 Å². The number of ether oxygens (including phenoxy) is 2. The third kappa shape index (κ3) is 4.46. The lowest BCUT2D eigenvalue weighted by Gasteiger charge is -2.12. The van der Waals surface area contributed by atoms with E-state index in [1.54, 1.807) is 42.5 Å². The quantitative estimate of drug-likeness (QED) is 0.694. The molecule has 146 valence electrons. The highest BCUT2D eigenvalue weighted by atomic mass is 35.5. The standard InChI is InChI=1S/C21H21ClN2O4/c1-3-23-20(25)12-28-18-8-5-13(10-19(18)27-4-2)9-16-15-11-14(22)6-7-17(15)24-21(16)26/h5-11H,3-4,12H2,1-2H3,(H,23,25)(H,24,26). The summed E-state index contributed by atoms with van der Waals surface area (Å²) >= 11 is 6.07. The Morgan fingerprint density at radius 3 is 2.71 bits per heavy atom. The molecule has 0 spiro atoms. The van der Waals surface area contributed by atoms with Crippen LogP contribution in [0.4, 0.5) is 5.69 Å². The highest BCUT2D eigenvalue weighted by Crippen LogP contribution is 2.36. The van der Waals surface area contributed by atoms with Gasteiger partial charge in [-0.25, -0.2) is 0 Å². The third-order valence-corrected chi connectivity index (χ3v) is 4.31. The molecular weight excluding hydrogens is 380 g/mol. The first-order chi connectivity index (χ1) is 13.5. The van der Waals surface area contributed by atoms with Crippen LogP contribution in [0, 0.1) is 0 Å². The van der Waals surface area contributed by atoms with Crippen LogP contribution in [-0.2, 0) is 9.59 Å². The van der Waals surface area contributed by atoms with Gasteiger partial charge in [0.15, 0.2) is 18.1 Å². The van der Waals surface area contributed by atoms with Crippen LogP contribution in [0.15, 0.2) is 36.4 Å². The van der Waals surface area contributed by atoms with E-state index in [0.29, 0.717) is 35.2 Å². The molecule has 7 heteroatoms. The number of hydrogen-bond donors (Lipinski definition) is 2. The molecule has 2 amide bonds. The minimum absolute atomic E-state index is 0.0946. The van der Waals surface area contributed by atoms with Gasteiger partial charge in [0, 0.05) is 28.4 Å². The van der Waals surface area contributed by atoms with Crippen LogP contribution in [0.3, 0.4) is 0 Å². The molecular formula is C21H21ClN2O4. The molecule has 0 saturated carbocycles. The maximum absolute atomic E-state index is 12.3. The van der Waals surface area contributed by atoms with Gasteiger partial charge in [0.25, 0.3) is 11.8 Å². The van der Waals surface area contributed by atoms with E-state index < -0.39 is 0 Å². The SMILES string of the molecule is CCNC(=O)COc1ccc(C=C2C(=O)Nc3ccc(Cl)cc32)cc1OCC. The van der Waals surface area contributed by atoms with Crippen LogP contribution >= 0.6 is 11.6 Å². The molecule has 0 bridgehead atoms. The van der Waals surface area contributed by atoms with Crippen molar-refractivity contribution in [1.29, 1.82) is 0 Å². The van der Waals surface area contributed by atoms with Gasteiger partial charge in [-0.05, 0) is 55.8 Å². The number of likely N-dealkylation sites (N-methyl/N-ethyl adjacent to an activating group) is 1. The zero-order chi connectivity index (χ0) is 20.1. The second kappa shape index (κ2) is 8.80. The van der Waals surface area contributed by atoms with Crippen LogP contribution in [-0.4, -0.2) is 31.6 Å². The molecule has 0 atom stereocenters. The van der Waals surface area contributed by atoms with Gasteiger partial charge < -0.3 is 20.1 Å². The average Bonchev–Trinajstić information content (AvgIpc) is 2.96. The van der Waals surface area contributed by atoms with Gasteiger partial charge in [-0.15, -0.1) is 0 Å². The van der Waals surface area contributed by atoms with E-state index in [1.165, 1.54) is 0 Å². The summed E-state index contributed by atoms with van der Waals surface area (Å²) in [5.41, 5.74) is 2.78. The Balaban J connectivity index is 1.88. The van der Waals surface area contributed by atoms with Gasteiger partial charge in [-0.3, -0.25) is 9.59 Å². The zero-order valence-electron chi connectivity index (χ0n) is 15.7. The summed E-state index contributed by atoms with van der Waals surface area (Å²) in [5, 5.41) is 6.06. The smallest absolute Gasteiger partial charge is 0.257 e. The van der Waals surface area contributed by atoms with Crippen LogP contribution in [0.1, 0.15) is 25.0 Å². The van der Waals surface area contributed by atoms with E-state index >= 15 is 0 Å². The number of benzene rings is 2. The maximum atomic E-state index is 12.3. The van der Waals surface area contributed by atoms with Crippen LogP contribution in [0.2, 0.25) is 5.02 Å². The van der Waals surface area contributed by atoms with Crippen LogP contribution in [0.5, 0.6) is 11.5 Å². The van der Waals surface area contributed by atoms with E-state index in [-0.39, 0.29) is 18.4 Å².